The Bertz CT molecular complexity index is 551. The van der Waals surface area contributed by atoms with Crippen LogP contribution in [0, 0.1) is 18.2 Å². The van der Waals surface area contributed by atoms with Gasteiger partial charge in [0.2, 0.25) is 10.0 Å². The van der Waals surface area contributed by atoms with Gasteiger partial charge in [0.05, 0.1) is 16.7 Å². The molecule has 0 fully saturated rings. The van der Waals surface area contributed by atoms with Crippen LogP contribution in [0.15, 0.2) is 21.5 Å². The van der Waals surface area contributed by atoms with E-state index in [2.05, 4.69) is 26.6 Å². The molecule has 0 spiro atoms. The van der Waals surface area contributed by atoms with Gasteiger partial charge in [-0.05, 0) is 28.1 Å². The smallest absolute Gasteiger partial charge is 0.243 e. The number of nitrogens with two attached hydrogens (primary N) is 1. The lowest BCUT2D eigenvalue weighted by Crippen LogP contribution is -2.25. The van der Waals surface area contributed by atoms with Crippen molar-refractivity contribution in [2.75, 3.05) is 12.3 Å². The van der Waals surface area contributed by atoms with E-state index in [-0.39, 0.29) is 21.6 Å². The number of nitrogens with one attached hydrogen (secondary N) is 1. The number of hydrogen-bond donors (Lipinski definition) is 2. The van der Waals surface area contributed by atoms with Gasteiger partial charge in [-0.2, -0.15) is 4.72 Å². The summed E-state index contributed by atoms with van der Waals surface area (Å²) in [6, 6.07) is 2.01. The van der Waals surface area contributed by atoms with E-state index in [0.717, 1.165) is 12.1 Å². The normalized spacial score (nSPS) is 11.1. The third kappa shape index (κ3) is 2.72. The van der Waals surface area contributed by atoms with E-state index in [1.165, 1.54) is 0 Å². The topological polar surface area (TPSA) is 72.2 Å². The summed E-state index contributed by atoms with van der Waals surface area (Å²) in [5.41, 5.74) is 5.24. The summed E-state index contributed by atoms with van der Waals surface area (Å²) in [7, 11) is -3.81. The third-order valence-corrected chi connectivity index (χ3v) is 3.77. The van der Waals surface area contributed by atoms with Gasteiger partial charge >= 0.3 is 0 Å². The summed E-state index contributed by atoms with van der Waals surface area (Å²) in [6.07, 6.45) is 4.93. The van der Waals surface area contributed by atoms with Gasteiger partial charge in [-0.15, -0.1) is 6.42 Å². The molecule has 0 bridgehead atoms. The van der Waals surface area contributed by atoms with Crippen LogP contribution in [0.4, 0.5) is 10.1 Å². The summed E-state index contributed by atoms with van der Waals surface area (Å²) < 4.78 is 38.5. The van der Waals surface area contributed by atoms with Crippen molar-refractivity contribution in [1.29, 1.82) is 0 Å². The molecular formula is C9H8BrFN2O2S. The first-order valence-electron chi connectivity index (χ1n) is 4.06. The number of rotatable bonds is 3. The van der Waals surface area contributed by atoms with Gasteiger partial charge < -0.3 is 5.73 Å². The number of hydrogen-bond acceptors (Lipinski definition) is 3. The molecule has 0 atom stereocenters. The van der Waals surface area contributed by atoms with Crippen LogP contribution in [0.2, 0.25) is 0 Å². The maximum Gasteiger partial charge on any atom is 0.243 e. The molecule has 1 aromatic carbocycles. The average molecular weight is 307 g/mol. The Balaban J connectivity index is 3.24. The molecule has 1 aromatic rings. The van der Waals surface area contributed by atoms with Gasteiger partial charge in [0, 0.05) is 0 Å². The zero-order valence-electron chi connectivity index (χ0n) is 8.00. The van der Waals surface area contributed by atoms with Gasteiger partial charge in [0.25, 0.3) is 0 Å². The molecule has 1 rings (SSSR count). The zero-order chi connectivity index (χ0) is 12.3. The standard InChI is InChI=1S/C9H8BrFN2O2S/c1-2-3-13-16(14,15)9-4-6(10)7(11)5-8(9)12/h1,4-5,13H,3,12H2. The Labute approximate surface area is 101 Å². The second-order valence-electron chi connectivity index (χ2n) is 2.83. The van der Waals surface area contributed by atoms with Crippen molar-refractivity contribution in [2.24, 2.45) is 0 Å². The molecule has 0 radical (unpaired) electrons. The van der Waals surface area contributed by atoms with Crippen molar-refractivity contribution in [1.82, 2.24) is 4.72 Å². The minimum absolute atomic E-state index is 0.0165. The van der Waals surface area contributed by atoms with Crippen molar-refractivity contribution < 1.29 is 12.8 Å². The van der Waals surface area contributed by atoms with E-state index < -0.39 is 15.8 Å². The second kappa shape index (κ2) is 4.82. The van der Waals surface area contributed by atoms with Crippen molar-refractivity contribution in [3.63, 3.8) is 0 Å². The lowest BCUT2D eigenvalue weighted by atomic mass is 10.3. The quantitative estimate of drug-likeness (QED) is 0.648. The molecule has 0 aliphatic carbocycles. The van der Waals surface area contributed by atoms with Crippen LogP contribution in [-0.4, -0.2) is 15.0 Å². The average Bonchev–Trinajstić information content (AvgIpc) is 2.20. The molecule has 0 heterocycles. The minimum atomic E-state index is -3.81. The maximum atomic E-state index is 13.0. The molecule has 0 saturated carbocycles. The zero-order valence-corrected chi connectivity index (χ0v) is 10.4. The van der Waals surface area contributed by atoms with Crippen LogP contribution in [0.25, 0.3) is 0 Å². The number of benzene rings is 1. The molecular weight excluding hydrogens is 299 g/mol. The fourth-order valence-electron chi connectivity index (χ4n) is 0.991. The Morgan fingerprint density at radius 1 is 1.56 bits per heavy atom. The summed E-state index contributed by atoms with van der Waals surface area (Å²) in [6.45, 7) is -0.156. The Hall–Kier alpha value is -1.10. The van der Waals surface area contributed by atoms with Gasteiger partial charge in [0.15, 0.2) is 0 Å². The highest BCUT2D eigenvalue weighted by Gasteiger charge is 2.18. The highest BCUT2D eigenvalue weighted by atomic mass is 79.9. The van der Waals surface area contributed by atoms with Gasteiger partial charge in [-0.3, -0.25) is 0 Å². The van der Waals surface area contributed by atoms with Gasteiger partial charge in [0.1, 0.15) is 10.7 Å². The largest absolute Gasteiger partial charge is 0.398 e. The van der Waals surface area contributed by atoms with E-state index >= 15 is 0 Å². The molecule has 0 aliphatic heterocycles. The fraction of sp³-hybridized carbons (Fsp3) is 0.111. The SMILES string of the molecule is C#CCNS(=O)(=O)c1cc(Br)c(F)cc1N. The van der Waals surface area contributed by atoms with E-state index in [1.807, 2.05) is 0 Å². The molecule has 0 saturated heterocycles. The third-order valence-electron chi connectivity index (χ3n) is 1.71. The molecule has 7 heteroatoms. The van der Waals surface area contributed by atoms with Crippen molar-refractivity contribution in [3.8, 4) is 12.3 Å². The van der Waals surface area contributed by atoms with Crippen LogP contribution in [0.3, 0.4) is 0 Å². The predicted molar refractivity (Wildman–Crippen MR) is 62.5 cm³/mol. The Kier molecular flexibility index (Phi) is 3.91. The number of terminal acetylenes is 1. The fourth-order valence-corrected chi connectivity index (χ4v) is 2.56. The number of nitrogen functional groups attached to an aromatic ring is 1. The lowest BCUT2D eigenvalue weighted by Gasteiger charge is -2.08. The number of sulfonamides is 1. The van der Waals surface area contributed by atoms with Crippen LogP contribution >= 0.6 is 15.9 Å². The lowest BCUT2D eigenvalue weighted by molar-refractivity contribution is 0.585. The molecule has 86 valence electrons. The summed E-state index contributed by atoms with van der Waals surface area (Å²) in [5.74, 6) is 1.49. The highest BCUT2D eigenvalue weighted by Crippen LogP contribution is 2.25. The van der Waals surface area contributed by atoms with Crippen molar-refractivity contribution in [3.05, 3.63) is 22.4 Å². The number of anilines is 1. The van der Waals surface area contributed by atoms with Crippen molar-refractivity contribution >= 4 is 31.6 Å². The first-order chi connectivity index (χ1) is 7.38. The molecule has 3 N–H and O–H groups in total. The Morgan fingerprint density at radius 3 is 2.75 bits per heavy atom. The van der Waals surface area contributed by atoms with E-state index in [1.54, 1.807) is 0 Å². The van der Waals surface area contributed by atoms with E-state index in [9.17, 15) is 12.8 Å². The van der Waals surface area contributed by atoms with Gasteiger partial charge in [-0.25, -0.2) is 12.8 Å². The summed E-state index contributed by atoms with van der Waals surface area (Å²) >= 11 is 2.88. The Morgan fingerprint density at radius 2 is 2.19 bits per heavy atom. The van der Waals surface area contributed by atoms with Crippen LogP contribution < -0.4 is 10.5 Å². The van der Waals surface area contributed by atoms with Crippen LogP contribution in [-0.2, 0) is 10.0 Å². The highest BCUT2D eigenvalue weighted by molar-refractivity contribution is 9.10. The second-order valence-corrected chi connectivity index (χ2v) is 5.42. The summed E-state index contributed by atoms with van der Waals surface area (Å²) in [5, 5.41) is 0. The van der Waals surface area contributed by atoms with Gasteiger partial charge in [-0.1, -0.05) is 5.92 Å². The van der Waals surface area contributed by atoms with Crippen molar-refractivity contribution in [2.45, 2.75) is 4.90 Å². The summed E-state index contributed by atoms with van der Waals surface area (Å²) in [4.78, 5) is -0.212. The first-order valence-corrected chi connectivity index (χ1v) is 6.33. The predicted octanol–water partition coefficient (Wildman–Crippen LogP) is 1.08. The monoisotopic (exact) mass is 306 g/mol. The van der Waals surface area contributed by atoms with E-state index in [4.69, 9.17) is 12.2 Å². The number of halogens is 2. The first kappa shape index (κ1) is 13.0. The van der Waals surface area contributed by atoms with E-state index in [0.29, 0.717) is 0 Å². The van der Waals surface area contributed by atoms with Crippen LogP contribution in [0.5, 0.6) is 0 Å². The molecule has 16 heavy (non-hydrogen) atoms. The molecule has 4 nitrogen and oxygen atoms in total. The molecule has 0 aromatic heterocycles. The minimum Gasteiger partial charge on any atom is -0.398 e. The molecule has 0 unspecified atom stereocenters. The molecule has 0 amide bonds. The molecule has 0 aliphatic rings. The maximum absolute atomic E-state index is 13.0. The van der Waals surface area contributed by atoms with Crippen LogP contribution in [0.1, 0.15) is 0 Å².